The first-order chi connectivity index (χ1) is 3.91. The first kappa shape index (κ1) is 8.44. The third-order valence-electron chi connectivity index (χ3n) is 0.780. The number of rotatable bonds is 5. The minimum atomic E-state index is 0.829. The molecule has 1 radical (unpaired) electrons. The molecule has 0 spiro atoms. The van der Waals surface area contributed by atoms with E-state index in [1.807, 2.05) is 6.92 Å². The van der Waals surface area contributed by atoms with Crippen LogP contribution in [0.5, 0.6) is 0 Å². The molecule has 0 saturated carbocycles. The molecule has 0 aromatic rings. The van der Waals surface area contributed by atoms with E-state index in [2.05, 4.69) is 22.4 Å². The largest absolute Gasteiger partial charge is 0.382 e. The predicted molar refractivity (Wildman–Crippen MR) is 39.2 cm³/mol. The number of hydrogen-bond donors (Lipinski definition) is 0. The van der Waals surface area contributed by atoms with E-state index < -0.39 is 0 Å². The summed E-state index contributed by atoms with van der Waals surface area (Å²) in [5.41, 5.74) is 0. The van der Waals surface area contributed by atoms with Crippen molar-refractivity contribution in [2.75, 3.05) is 18.5 Å². The highest BCUT2D eigenvalue weighted by Gasteiger charge is 1.83. The molecule has 0 heterocycles. The second-order valence-corrected chi connectivity index (χ2v) is 2.08. The zero-order chi connectivity index (χ0) is 6.24. The lowest BCUT2D eigenvalue weighted by molar-refractivity contribution is 0.150. The number of alkyl halides is 1. The normalized spacial score (nSPS) is 9.75. The van der Waals surface area contributed by atoms with Crippen LogP contribution in [0.25, 0.3) is 0 Å². The fourth-order valence-electron chi connectivity index (χ4n) is 0.388. The maximum absolute atomic E-state index is 5.08. The summed E-state index contributed by atoms with van der Waals surface area (Å²) >= 11 is 3.29. The summed E-state index contributed by atoms with van der Waals surface area (Å²) in [6.07, 6.45) is 3.20. The molecule has 0 atom stereocenters. The minimum Gasteiger partial charge on any atom is -0.382 e. The number of hydrogen-bond acceptors (Lipinski definition) is 1. The van der Waals surface area contributed by atoms with Crippen molar-refractivity contribution in [3.63, 3.8) is 0 Å². The van der Waals surface area contributed by atoms with Crippen LogP contribution in [-0.2, 0) is 4.74 Å². The summed E-state index contributed by atoms with van der Waals surface area (Å²) in [7, 11) is 0. The predicted octanol–water partition coefficient (Wildman–Crippen LogP) is 2.01. The molecule has 0 aromatic carbocycles. The summed E-state index contributed by atoms with van der Waals surface area (Å²) in [4.78, 5) is 0. The van der Waals surface area contributed by atoms with E-state index in [9.17, 15) is 0 Å². The van der Waals surface area contributed by atoms with Crippen LogP contribution in [0.15, 0.2) is 0 Å². The summed E-state index contributed by atoms with van der Waals surface area (Å²) in [6.45, 7) is 3.70. The van der Waals surface area contributed by atoms with Gasteiger partial charge in [-0.25, -0.2) is 0 Å². The van der Waals surface area contributed by atoms with Crippen LogP contribution in [0, 0.1) is 6.42 Å². The molecular formula is C6H12BrO. The molecule has 0 amide bonds. The van der Waals surface area contributed by atoms with Gasteiger partial charge in [0, 0.05) is 18.5 Å². The lowest BCUT2D eigenvalue weighted by Gasteiger charge is -1.96. The maximum Gasteiger partial charge on any atom is 0.0468 e. The Morgan fingerprint density at radius 3 is 2.88 bits per heavy atom. The third kappa shape index (κ3) is 6.44. The van der Waals surface area contributed by atoms with Gasteiger partial charge in [-0.2, -0.15) is 0 Å². The molecule has 0 bridgehead atoms. The van der Waals surface area contributed by atoms with Gasteiger partial charge >= 0.3 is 0 Å². The first-order valence-corrected chi connectivity index (χ1v) is 3.99. The van der Waals surface area contributed by atoms with Crippen molar-refractivity contribution in [2.24, 2.45) is 0 Å². The summed E-state index contributed by atoms with van der Waals surface area (Å²) < 4.78 is 5.08. The monoisotopic (exact) mass is 179 g/mol. The Labute approximate surface area is 59.5 Å². The van der Waals surface area contributed by atoms with Gasteiger partial charge in [-0.3, -0.25) is 0 Å². The van der Waals surface area contributed by atoms with Crippen molar-refractivity contribution in [3.05, 3.63) is 6.42 Å². The maximum atomic E-state index is 5.08. The zero-order valence-electron chi connectivity index (χ0n) is 5.19. The Balaban J connectivity index is 2.53. The average molecular weight is 180 g/mol. The van der Waals surface area contributed by atoms with E-state index in [1.165, 1.54) is 0 Å². The Morgan fingerprint density at radius 1 is 1.62 bits per heavy atom. The highest BCUT2D eigenvalue weighted by atomic mass is 79.9. The van der Waals surface area contributed by atoms with Gasteiger partial charge in [0.05, 0.1) is 0 Å². The van der Waals surface area contributed by atoms with Crippen molar-refractivity contribution < 1.29 is 4.74 Å². The first-order valence-electron chi connectivity index (χ1n) is 2.87. The molecule has 0 N–H and O–H groups in total. The van der Waals surface area contributed by atoms with E-state index in [0.29, 0.717) is 0 Å². The van der Waals surface area contributed by atoms with E-state index in [-0.39, 0.29) is 0 Å². The van der Waals surface area contributed by atoms with Gasteiger partial charge < -0.3 is 4.74 Å². The molecule has 1 nitrogen and oxygen atoms in total. The minimum absolute atomic E-state index is 0.829. The summed E-state index contributed by atoms with van der Waals surface area (Å²) in [6, 6.07) is 0. The Hall–Kier alpha value is 0.440. The zero-order valence-corrected chi connectivity index (χ0v) is 6.78. The second kappa shape index (κ2) is 7.44. The smallest absolute Gasteiger partial charge is 0.0468 e. The number of unbranched alkanes of at least 4 members (excludes halogenated alkanes) is 1. The van der Waals surface area contributed by atoms with Crippen molar-refractivity contribution >= 4 is 15.9 Å². The van der Waals surface area contributed by atoms with Crippen LogP contribution < -0.4 is 0 Å². The van der Waals surface area contributed by atoms with E-state index in [4.69, 9.17) is 4.74 Å². The van der Waals surface area contributed by atoms with E-state index >= 15 is 0 Å². The van der Waals surface area contributed by atoms with Gasteiger partial charge in [0.25, 0.3) is 0 Å². The standard InChI is InChI=1S/C6H12BrO/c1-2-8-6-4-3-5-7/h3H,2,4-6H2,1H3. The Morgan fingerprint density at radius 2 is 2.38 bits per heavy atom. The highest BCUT2D eigenvalue weighted by Crippen LogP contribution is 1.91. The van der Waals surface area contributed by atoms with Crippen LogP contribution >= 0.6 is 15.9 Å². The fourth-order valence-corrected chi connectivity index (χ4v) is 0.712. The van der Waals surface area contributed by atoms with Gasteiger partial charge in [-0.15, -0.1) is 0 Å². The van der Waals surface area contributed by atoms with Crippen molar-refractivity contribution in [3.8, 4) is 0 Å². The molecule has 0 aliphatic heterocycles. The Bertz CT molecular complexity index is 33.5. The quantitative estimate of drug-likeness (QED) is 0.464. The molecule has 0 aliphatic carbocycles. The molecule has 0 fully saturated rings. The van der Waals surface area contributed by atoms with Crippen LogP contribution in [0.1, 0.15) is 13.3 Å². The van der Waals surface area contributed by atoms with Crippen LogP contribution in [0.2, 0.25) is 0 Å². The van der Waals surface area contributed by atoms with Crippen molar-refractivity contribution in [1.29, 1.82) is 0 Å². The van der Waals surface area contributed by atoms with Gasteiger partial charge in [-0.05, 0) is 19.8 Å². The Kier molecular flexibility index (Phi) is 7.85. The molecule has 8 heavy (non-hydrogen) atoms. The van der Waals surface area contributed by atoms with Crippen LogP contribution in [0.4, 0.5) is 0 Å². The van der Waals surface area contributed by atoms with Crippen molar-refractivity contribution in [1.82, 2.24) is 0 Å². The average Bonchev–Trinajstić information content (AvgIpc) is 1.81. The lowest BCUT2D eigenvalue weighted by atomic mass is 10.4. The molecule has 0 unspecified atom stereocenters. The second-order valence-electron chi connectivity index (χ2n) is 1.43. The van der Waals surface area contributed by atoms with Crippen LogP contribution in [0.3, 0.4) is 0 Å². The van der Waals surface area contributed by atoms with Crippen LogP contribution in [-0.4, -0.2) is 18.5 Å². The van der Waals surface area contributed by atoms with E-state index in [1.54, 1.807) is 0 Å². The lowest BCUT2D eigenvalue weighted by Crippen LogP contribution is -1.93. The summed E-state index contributed by atoms with van der Waals surface area (Å²) in [5, 5.41) is 0.972. The van der Waals surface area contributed by atoms with Gasteiger partial charge in [-0.1, -0.05) is 15.9 Å². The SMILES string of the molecule is CCOCC[CH]CBr. The fraction of sp³-hybridized carbons (Fsp3) is 0.833. The number of ether oxygens (including phenoxy) is 1. The summed E-state index contributed by atoms with van der Waals surface area (Å²) in [5.74, 6) is 0. The van der Waals surface area contributed by atoms with Gasteiger partial charge in [0.2, 0.25) is 0 Å². The third-order valence-corrected chi connectivity index (χ3v) is 1.24. The molecule has 0 aliphatic rings. The highest BCUT2D eigenvalue weighted by molar-refractivity contribution is 9.09. The molecule has 2 heteroatoms. The number of halogens is 1. The molecule has 49 valence electrons. The molecular weight excluding hydrogens is 168 g/mol. The molecule has 0 rings (SSSR count). The van der Waals surface area contributed by atoms with Gasteiger partial charge in [0.15, 0.2) is 0 Å². The topological polar surface area (TPSA) is 9.23 Å². The van der Waals surface area contributed by atoms with Gasteiger partial charge in [0.1, 0.15) is 0 Å². The molecule has 0 aromatic heterocycles. The van der Waals surface area contributed by atoms with E-state index in [0.717, 1.165) is 25.0 Å². The van der Waals surface area contributed by atoms with Crippen molar-refractivity contribution in [2.45, 2.75) is 13.3 Å². The molecule has 0 saturated heterocycles.